The standard InChI is InChI=1S/C18H21NS/c1-2-15-20-19-14-13-18(16-9-5-3-6-10-16)17-11-7-4-8-12-17/h2-12,18-19H,1,13-15H2. The normalized spacial score (nSPS) is 10.7. The van der Waals surface area contributed by atoms with E-state index in [1.165, 1.54) is 11.1 Å². The molecule has 0 saturated carbocycles. The lowest BCUT2D eigenvalue weighted by molar-refractivity contribution is 0.706. The Morgan fingerprint density at radius 1 is 0.950 bits per heavy atom. The summed E-state index contributed by atoms with van der Waals surface area (Å²) < 4.78 is 3.40. The van der Waals surface area contributed by atoms with Crippen LogP contribution in [0.3, 0.4) is 0 Å². The van der Waals surface area contributed by atoms with Crippen LogP contribution in [0.4, 0.5) is 0 Å². The van der Waals surface area contributed by atoms with Gasteiger partial charge in [0.15, 0.2) is 0 Å². The first-order valence-corrected chi connectivity index (χ1v) is 7.96. The molecule has 0 aliphatic carbocycles. The molecule has 2 heteroatoms. The fraction of sp³-hybridized carbons (Fsp3) is 0.222. The minimum Gasteiger partial charge on any atom is -0.264 e. The summed E-state index contributed by atoms with van der Waals surface area (Å²) in [6.45, 7) is 4.72. The van der Waals surface area contributed by atoms with Crippen LogP contribution in [0, 0.1) is 0 Å². The van der Waals surface area contributed by atoms with Crippen molar-refractivity contribution in [3.63, 3.8) is 0 Å². The molecule has 0 aliphatic heterocycles. The molecule has 1 nitrogen and oxygen atoms in total. The predicted octanol–water partition coefficient (Wildman–Crippen LogP) is 4.63. The molecule has 0 amide bonds. The van der Waals surface area contributed by atoms with Crippen molar-refractivity contribution in [1.29, 1.82) is 0 Å². The molecule has 0 bridgehead atoms. The molecule has 104 valence electrons. The van der Waals surface area contributed by atoms with Crippen molar-refractivity contribution in [1.82, 2.24) is 4.72 Å². The molecular formula is C18H21NS. The van der Waals surface area contributed by atoms with Crippen LogP contribution in [0.2, 0.25) is 0 Å². The molecule has 0 radical (unpaired) electrons. The van der Waals surface area contributed by atoms with Gasteiger partial charge in [0.1, 0.15) is 0 Å². The average molecular weight is 283 g/mol. The smallest absolute Gasteiger partial charge is 0.0256 e. The first kappa shape index (κ1) is 14.9. The Morgan fingerprint density at radius 2 is 1.50 bits per heavy atom. The first-order chi connectivity index (χ1) is 9.92. The Labute approximate surface area is 126 Å². The highest BCUT2D eigenvalue weighted by Gasteiger charge is 2.12. The number of hydrogen-bond donors (Lipinski definition) is 1. The molecule has 0 fully saturated rings. The van der Waals surface area contributed by atoms with Crippen molar-refractivity contribution < 1.29 is 0 Å². The second-order valence-corrected chi connectivity index (χ2v) is 5.57. The molecule has 0 heterocycles. The first-order valence-electron chi connectivity index (χ1n) is 6.97. The lowest BCUT2D eigenvalue weighted by Gasteiger charge is -2.18. The lowest BCUT2D eigenvalue weighted by Crippen LogP contribution is -2.12. The maximum absolute atomic E-state index is 3.73. The molecule has 0 spiro atoms. The van der Waals surface area contributed by atoms with E-state index in [-0.39, 0.29) is 0 Å². The fourth-order valence-electron chi connectivity index (χ4n) is 2.29. The largest absolute Gasteiger partial charge is 0.264 e. The van der Waals surface area contributed by atoms with Crippen LogP contribution in [0.5, 0.6) is 0 Å². The van der Waals surface area contributed by atoms with Gasteiger partial charge in [-0.15, -0.1) is 6.58 Å². The van der Waals surface area contributed by atoms with Gasteiger partial charge in [0.05, 0.1) is 0 Å². The number of benzene rings is 2. The summed E-state index contributed by atoms with van der Waals surface area (Å²) in [5, 5.41) is 0. The Bertz CT molecular complexity index is 456. The van der Waals surface area contributed by atoms with Crippen LogP contribution in [0.25, 0.3) is 0 Å². The third-order valence-electron chi connectivity index (χ3n) is 3.24. The summed E-state index contributed by atoms with van der Waals surface area (Å²) in [7, 11) is 0. The van der Waals surface area contributed by atoms with Crippen LogP contribution in [-0.4, -0.2) is 12.3 Å². The number of rotatable bonds is 8. The summed E-state index contributed by atoms with van der Waals surface area (Å²) in [5.41, 5.74) is 2.77. The van der Waals surface area contributed by atoms with E-state index in [0.717, 1.165) is 18.7 Å². The molecule has 0 aromatic heterocycles. The molecular weight excluding hydrogens is 262 g/mol. The lowest BCUT2D eigenvalue weighted by atomic mass is 9.89. The zero-order valence-corrected chi connectivity index (χ0v) is 12.5. The van der Waals surface area contributed by atoms with Gasteiger partial charge in [-0.1, -0.05) is 78.7 Å². The van der Waals surface area contributed by atoms with E-state index >= 15 is 0 Å². The van der Waals surface area contributed by atoms with Crippen molar-refractivity contribution in [2.75, 3.05) is 12.3 Å². The zero-order chi connectivity index (χ0) is 14.0. The molecule has 0 unspecified atom stereocenters. The minimum absolute atomic E-state index is 0.453. The van der Waals surface area contributed by atoms with Crippen molar-refractivity contribution in [2.45, 2.75) is 12.3 Å². The van der Waals surface area contributed by atoms with Gasteiger partial charge in [0, 0.05) is 18.2 Å². The summed E-state index contributed by atoms with van der Waals surface area (Å²) in [6.07, 6.45) is 3.02. The number of nitrogens with one attached hydrogen (secondary N) is 1. The SMILES string of the molecule is C=CCSNCCC(c1ccccc1)c1ccccc1. The molecule has 0 atom stereocenters. The highest BCUT2D eigenvalue weighted by molar-refractivity contribution is 7.97. The molecule has 2 rings (SSSR count). The molecule has 2 aromatic carbocycles. The van der Waals surface area contributed by atoms with Gasteiger partial charge in [-0.05, 0) is 17.5 Å². The topological polar surface area (TPSA) is 12.0 Å². The van der Waals surface area contributed by atoms with E-state index in [1.54, 1.807) is 11.9 Å². The summed E-state index contributed by atoms with van der Waals surface area (Å²) in [5.74, 6) is 1.40. The van der Waals surface area contributed by atoms with Crippen molar-refractivity contribution in [2.24, 2.45) is 0 Å². The van der Waals surface area contributed by atoms with Crippen molar-refractivity contribution in [3.8, 4) is 0 Å². The van der Waals surface area contributed by atoms with E-state index in [2.05, 4.69) is 72.0 Å². The van der Waals surface area contributed by atoms with Crippen LogP contribution < -0.4 is 4.72 Å². The Kier molecular flexibility index (Phi) is 6.42. The van der Waals surface area contributed by atoms with Gasteiger partial charge >= 0.3 is 0 Å². The third kappa shape index (κ3) is 4.55. The highest BCUT2D eigenvalue weighted by Crippen LogP contribution is 2.27. The third-order valence-corrected chi connectivity index (χ3v) is 4.05. The monoisotopic (exact) mass is 283 g/mol. The van der Waals surface area contributed by atoms with Gasteiger partial charge in [-0.25, -0.2) is 0 Å². The van der Waals surface area contributed by atoms with Crippen molar-refractivity contribution in [3.05, 3.63) is 84.4 Å². The zero-order valence-electron chi connectivity index (χ0n) is 11.7. The van der Waals surface area contributed by atoms with E-state index in [1.807, 2.05) is 6.08 Å². The molecule has 1 N–H and O–H groups in total. The molecule has 20 heavy (non-hydrogen) atoms. The van der Waals surface area contributed by atoms with E-state index in [9.17, 15) is 0 Å². The Hall–Kier alpha value is -1.51. The average Bonchev–Trinajstić information content (AvgIpc) is 2.53. The highest BCUT2D eigenvalue weighted by atomic mass is 32.2. The fourth-order valence-corrected chi connectivity index (χ4v) is 2.79. The maximum atomic E-state index is 3.73. The summed E-state index contributed by atoms with van der Waals surface area (Å²) >= 11 is 1.72. The van der Waals surface area contributed by atoms with E-state index < -0.39 is 0 Å². The van der Waals surface area contributed by atoms with Gasteiger partial charge in [0.2, 0.25) is 0 Å². The Morgan fingerprint density at radius 3 is 2.00 bits per heavy atom. The molecule has 2 aromatic rings. The predicted molar refractivity (Wildman–Crippen MR) is 90.0 cm³/mol. The second kappa shape index (κ2) is 8.62. The maximum Gasteiger partial charge on any atom is 0.0256 e. The molecule has 0 saturated heterocycles. The van der Waals surface area contributed by atoms with Crippen LogP contribution in [-0.2, 0) is 0 Å². The van der Waals surface area contributed by atoms with Gasteiger partial charge in [0.25, 0.3) is 0 Å². The van der Waals surface area contributed by atoms with Gasteiger partial charge in [-0.3, -0.25) is 4.72 Å². The van der Waals surface area contributed by atoms with Crippen molar-refractivity contribution >= 4 is 11.9 Å². The second-order valence-electron chi connectivity index (χ2n) is 4.66. The van der Waals surface area contributed by atoms with Crippen LogP contribution in [0.15, 0.2) is 73.3 Å². The minimum atomic E-state index is 0.453. The van der Waals surface area contributed by atoms with Gasteiger partial charge in [-0.2, -0.15) is 0 Å². The van der Waals surface area contributed by atoms with E-state index in [4.69, 9.17) is 0 Å². The Balaban J connectivity index is 2.03. The quantitative estimate of drug-likeness (QED) is 0.430. The van der Waals surface area contributed by atoms with Gasteiger partial charge < -0.3 is 0 Å². The summed E-state index contributed by atoms with van der Waals surface area (Å²) in [6, 6.07) is 21.5. The van der Waals surface area contributed by atoms with E-state index in [0.29, 0.717) is 5.92 Å². The van der Waals surface area contributed by atoms with Crippen LogP contribution in [0.1, 0.15) is 23.5 Å². The molecule has 0 aliphatic rings. The number of hydrogen-bond acceptors (Lipinski definition) is 2. The summed E-state index contributed by atoms with van der Waals surface area (Å²) in [4.78, 5) is 0. The van der Waals surface area contributed by atoms with Crippen LogP contribution >= 0.6 is 11.9 Å².